The van der Waals surface area contributed by atoms with Crippen molar-refractivity contribution in [2.24, 2.45) is 5.92 Å². The normalized spacial score (nSPS) is 21.4. The van der Waals surface area contributed by atoms with Crippen molar-refractivity contribution >= 4 is 6.03 Å². The number of aliphatic hydroxyl groups excluding tert-OH is 1. The second-order valence-corrected chi connectivity index (χ2v) is 5.67. The molecule has 5 heteroatoms. The zero-order valence-electron chi connectivity index (χ0n) is 13.1. The number of hydrogen-bond acceptors (Lipinski definition) is 3. The molecule has 1 aliphatic rings. The number of ether oxygens (including phenoxy) is 1. The Balaban J connectivity index is 1.80. The topological polar surface area (TPSA) is 70.6 Å². The van der Waals surface area contributed by atoms with Gasteiger partial charge in [0.25, 0.3) is 0 Å². The maximum atomic E-state index is 11.9. The maximum absolute atomic E-state index is 11.9. The number of rotatable bonds is 6. The summed E-state index contributed by atoms with van der Waals surface area (Å²) < 4.78 is 5.34. The monoisotopic (exact) mass is 304 g/mol. The lowest BCUT2D eigenvalue weighted by atomic mass is 10.0. The van der Waals surface area contributed by atoms with Crippen molar-refractivity contribution in [2.45, 2.75) is 25.3 Å². The van der Waals surface area contributed by atoms with E-state index in [2.05, 4.69) is 17.6 Å². The van der Waals surface area contributed by atoms with Gasteiger partial charge in [0.2, 0.25) is 0 Å². The molecule has 3 N–H and O–H groups in total. The number of carbonyl (C=O) groups is 1. The van der Waals surface area contributed by atoms with E-state index in [9.17, 15) is 4.79 Å². The summed E-state index contributed by atoms with van der Waals surface area (Å²) in [5.41, 5.74) is 1.08. The minimum atomic E-state index is -0.185. The Kier molecular flexibility index (Phi) is 5.83. The standard InChI is InChI=1S/C17H24N2O3/c1-12(15-5-3-4-6-16(15)22-2)10-18-17(21)19-14-8-7-13(9-14)11-20/h3-8,12-14,20H,9-11H2,1-2H3,(H2,18,19,21)/t12?,13-,14+/m0/s1. The average molecular weight is 304 g/mol. The Morgan fingerprint density at radius 1 is 1.41 bits per heavy atom. The van der Waals surface area contributed by atoms with E-state index >= 15 is 0 Å². The van der Waals surface area contributed by atoms with E-state index in [0.717, 1.165) is 17.7 Å². The summed E-state index contributed by atoms with van der Waals surface area (Å²) in [5, 5.41) is 14.9. The summed E-state index contributed by atoms with van der Waals surface area (Å²) >= 11 is 0. The first-order valence-corrected chi connectivity index (χ1v) is 7.60. The fraction of sp³-hybridized carbons (Fsp3) is 0.471. The highest BCUT2D eigenvalue weighted by Crippen LogP contribution is 2.25. The average Bonchev–Trinajstić information content (AvgIpc) is 3.00. The summed E-state index contributed by atoms with van der Waals surface area (Å²) in [5.74, 6) is 1.14. The predicted molar refractivity (Wildman–Crippen MR) is 86.1 cm³/mol. The van der Waals surface area contributed by atoms with Crippen LogP contribution in [0.4, 0.5) is 4.79 Å². The van der Waals surface area contributed by atoms with Crippen molar-refractivity contribution in [1.82, 2.24) is 10.6 Å². The third-order valence-electron chi connectivity index (χ3n) is 3.96. The first kappa shape index (κ1) is 16.4. The van der Waals surface area contributed by atoms with Crippen molar-refractivity contribution in [1.29, 1.82) is 0 Å². The van der Waals surface area contributed by atoms with Gasteiger partial charge >= 0.3 is 6.03 Å². The zero-order valence-corrected chi connectivity index (χ0v) is 13.1. The number of para-hydroxylation sites is 1. The number of benzene rings is 1. The number of urea groups is 1. The molecule has 1 aromatic rings. The molecule has 0 fully saturated rings. The maximum Gasteiger partial charge on any atom is 0.315 e. The second-order valence-electron chi connectivity index (χ2n) is 5.67. The van der Waals surface area contributed by atoms with Gasteiger partial charge in [-0.25, -0.2) is 4.79 Å². The molecule has 3 atom stereocenters. The molecule has 0 aliphatic heterocycles. The Labute approximate surface area is 131 Å². The van der Waals surface area contributed by atoms with E-state index < -0.39 is 0 Å². The van der Waals surface area contributed by atoms with Gasteiger partial charge in [-0.15, -0.1) is 0 Å². The van der Waals surface area contributed by atoms with Gasteiger partial charge in [0.1, 0.15) is 5.75 Å². The summed E-state index contributed by atoms with van der Waals surface area (Å²) in [6, 6.07) is 7.64. The van der Waals surface area contributed by atoms with Crippen LogP contribution in [0, 0.1) is 5.92 Å². The highest BCUT2D eigenvalue weighted by molar-refractivity contribution is 5.74. The molecule has 120 valence electrons. The molecule has 0 aromatic heterocycles. The SMILES string of the molecule is COc1ccccc1C(C)CNC(=O)N[C@@H]1C=C[C@H](CO)C1. The van der Waals surface area contributed by atoms with Gasteiger partial charge in [-0.2, -0.15) is 0 Å². The number of aliphatic hydroxyl groups is 1. The molecule has 1 unspecified atom stereocenters. The molecule has 0 heterocycles. The molecule has 1 aliphatic carbocycles. The highest BCUT2D eigenvalue weighted by Gasteiger charge is 2.20. The fourth-order valence-corrected chi connectivity index (χ4v) is 2.67. The molecule has 1 aromatic carbocycles. The molecule has 0 radical (unpaired) electrons. The van der Waals surface area contributed by atoms with Gasteiger partial charge in [-0.3, -0.25) is 0 Å². The minimum absolute atomic E-state index is 0.00119. The molecule has 0 bridgehead atoms. The smallest absolute Gasteiger partial charge is 0.315 e. The van der Waals surface area contributed by atoms with Crippen LogP contribution in [0.1, 0.15) is 24.8 Å². The Bertz CT molecular complexity index is 530. The molecular weight excluding hydrogens is 280 g/mol. The molecular formula is C17H24N2O3. The second kappa shape index (κ2) is 7.84. The third kappa shape index (κ3) is 4.24. The van der Waals surface area contributed by atoms with Crippen LogP contribution < -0.4 is 15.4 Å². The van der Waals surface area contributed by atoms with Crippen LogP contribution in [-0.4, -0.2) is 37.4 Å². The number of methoxy groups -OCH3 is 1. The Hall–Kier alpha value is -2.01. The largest absolute Gasteiger partial charge is 0.496 e. The number of carbonyl (C=O) groups excluding carboxylic acids is 1. The van der Waals surface area contributed by atoms with Crippen LogP contribution in [0.2, 0.25) is 0 Å². The zero-order chi connectivity index (χ0) is 15.9. The van der Waals surface area contributed by atoms with Crippen LogP contribution >= 0.6 is 0 Å². The summed E-state index contributed by atoms with van der Waals surface area (Å²) in [4.78, 5) is 11.9. The number of hydrogen-bond donors (Lipinski definition) is 3. The first-order chi connectivity index (χ1) is 10.6. The lowest BCUT2D eigenvalue weighted by Gasteiger charge is -2.18. The van der Waals surface area contributed by atoms with Crippen molar-refractivity contribution in [3.05, 3.63) is 42.0 Å². The number of nitrogens with one attached hydrogen (secondary N) is 2. The van der Waals surface area contributed by atoms with Crippen LogP contribution in [0.5, 0.6) is 5.75 Å². The van der Waals surface area contributed by atoms with E-state index in [0.29, 0.717) is 6.54 Å². The van der Waals surface area contributed by atoms with Gasteiger partial charge in [0, 0.05) is 31.0 Å². The minimum Gasteiger partial charge on any atom is -0.496 e. The van der Waals surface area contributed by atoms with Crippen molar-refractivity contribution in [3.63, 3.8) is 0 Å². The molecule has 0 saturated heterocycles. The third-order valence-corrected chi connectivity index (χ3v) is 3.96. The van der Waals surface area contributed by atoms with Gasteiger partial charge in [0.05, 0.1) is 7.11 Å². The van der Waals surface area contributed by atoms with E-state index in [4.69, 9.17) is 9.84 Å². The van der Waals surface area contributed by atoms with E-state index in [-0.39, 0.29) is 30.5 Å². The van der Waals surface area contributed by atoms with E-state index in [1.54, 1.807) is 7.11 Å². The fourth-order valence-electron chi connectivity index (χ4n) is 2.67. The van der Waals surface area contributed by atoms with Crippen LogP contribution in [0.25, 0.3) is 0 Å². The van der Waals surface area contributed by atoms with Crippen molar-refractivity contribution in [3.8, 4) is 5.75 Å². The van der Waals surface area contributed by atoms with Crippen LogP contribution in [0.3, 0.4) is 0 Å². The van der Waals surface area contributed by atoms with Gasteiger partial charge in [-0.05, 0) is 18.1 Å². The molecule has 2 rings (SSSR count). The summed E-state index contributed by atoms with van der Waals surface area (Å²) in [6.07, 6.45) is 4.64. The molecule has 2 amide bonds. The molecule has 0 saturated carbocycles. The molecule has 22 heavy (non-hydrogen) atoms. The lowest BCUT2D eigenvalue weighted by Crippen LogP contribution is -2.42. The Morgan fingerprint density at radius 3 is 2.86 bits per heavy atom. The lowest BCUT2D eigenvalue weighted by molar-refractivity contribution is 0.231. The predicted octanol–water partition coefficient (Wildman–Crippen LogP) is 2.03. The van der Waals surface area contributed by atoms with Gasteiger partial charge in [0.15, 0.2) is 0 Å². The van der Waals surface area contributed by atoms with E-state index in [1.165, 1.54) is 0 Å². The van der Waals surface area contributed by atoms with Crippen molar-refractivity contribution < 1.29 is 14.6 Å². The van der Waals surface area contributed by atoms with Gasteiger partial charge in [-0.1, -0.05) is 37.3 Å². The van der Waals surface area contributed by atoms with Crippen LogP contribution in [-0.2, 0) is 0 Å². The van der Waals surface area contributed by atoms with E-state index in [1.807, 2.05) is 36.4 Å². The van der Waals surface area contributed by atoms with Crippen molar-refractivity contribution in [2.75, 3.05) is 20.3 Å². The Morgan fingerprint density at radius 2 is 2.18 bits per heavy atom. The summed E-state index contributed by atoms with van der Waals surface area (Å²) in [7, 11) is 1.65. The molecule has 0 spiro atoms. The number of amides is 2. The first-order valence-electron chi connectivity index (χ1n) is 7.60. The quantitative estimate of drug-likeness (QED) is 0.704. The highest BCUT2D eigenvalue weighted by atomic mass is 16.5. The summed E-state index contributed by atoms with van der Waals surface area (Å²) in [6.45, 7) is 2.71. The van der Waals surface area contributed by atoms with Gasteiger partial charge < -0.3 is 20.5 Å². The van der Waals surface area contributed by atoms with Crippen LogP contribution in [0.15, 0.2) is 36.4 Å². The molecule has 5 nitrogen and oxygen atoms in total.